The molecule has 2 rings (SSSR count). The van der Waals surface area contributed by atoms with Gasteiger partial charge in [0.15, 0.2) is 6.10 Å². The molecule has 0 saturated heterocycles. The molecule has 2 aromatic rings. The van der Waals surface area contributed by atoms with Crippen molar-refractivity contribution in [1.29, 1.82) is 0 Å². The minimum atomic E-state index is -0.640. The van der Waals surface area contributed by atoms with Gasteiger partial charge in [0.2, 0.25) is 0 Å². The van der Waals surface area contributed by atoms with Gasteiger partial charge in [0.05, 0.1) is 5.02 Å². The Morgan fingerprint density at radius 3 is 2.50 bits per heavy atom. The number of ether oxygens (including phenoxy) is 1. The summed E-state index contributed by atoms with van der Waals surface area (Å²) < 4.78 is 6.50. The average Bonchev–Trinajstić information content (AvgIpc) is 2.44. The lowest BCUT2D eigenvalue weighted by molar-refractivity contribution is -0.122. The monoisotopic (exact) mass is 353 g/mol. The molecule has 0 fully saturated rings. The van der Waals surface area contributed by atoms with Crippen molar-refractivity contribution < 1.29 is 9.53 Å². The number of carbonyl (C=O) groups excluding carboxylic acids is 1. The highest BCUT2D eigenvalue weighted by Gasteiger charge is 2.16. The third-order valence-corrected chi connectivity index (χ3v) is 3.46. The van der Waals surface area contributed by atoms with Crippen LogP contribution in [-0.4, -0.2) is 12.0 Å². The zero-order valence-corrected chi connectivity index (χ0v) is 13.1. The average molecular weight is 355 g/mol. The lowest BCUT2D eigenvalue weighted by atomic mass is 10.3. The van der Waals surface area contributed by atoms with Gasteiger partial charge in [-0.05, 0) is 43.3 Å². The molecule has 0 aromatic heterocycles. The first-order valence-electron chi connectivity index (χ1n) is 6.04. The number of hydrogen-bond acceptors (Lipinski definition) is 2. The molecule has 0 aliphatic carbocycles. The van der Waals surface area contributed by atoms with Gasteiger partial charge in [0.1, 0.15) is 5.75 Å². The van der Waals surface area contributed by atoms with Crippen LogP contribution in [-0.2, 0) is 4.79 Å². The zero-order chi connectivity index (χ0) is 14.5. The quantitative estimate of drug-likeness (QED) is 0.877. The fraction of sp³-hybridized carbons (Fsp3) is 0.133. The molecule has 1 amide bonds. The van der Waals surface area contributed by atoms with Crippen molar-refractivity contribution in [2.45, 2.75) is 13.0 Å². The Labute approximate surface area is 131 Å². The van der Waals surface area contributed by atoms with E-state index in [-0.39, 0.29) is 5.91 Å². The van der Waals surface area contributed by atoms with E-state index in [1.807, 2.05) is 30.3 Å². The van der Waals surface area contributed by atoms with E-state index in [1.54, 1.807) is 25.1 Å². The molecule has 0 spiro atoms. The van der Waals surface area contributed by atoms with E-state index in [1.165, 1.54) is 0 Å². The zero-order valence-electron chi connectivity index (χ0n) is 10.8. The number of para-hydroxylation sites is 1. The van der Waals surface area contributed by atoms with E-state index in [2.05, 4.69) is 21.2 Å². The Hall–Kier alpha value is -1.52. The molecule has 0 unspecified atom stereocenters. The highest BCUT2D eigenvalue weighted by Crippen LogP contribution is 2.24. The van der Waals surface area contributed by atoms with Crippen molar-refractivity contribution in [3.63, 3.8) is 0 Å². The summed E-state index contributed by atoms with van der Waals surface area (Å²) in [6.07, 6.45) is -0.640. The molecule has 0 aliphatic rings. The summed E-state index contributed by atoms with van der Waals surface area (Å²) >= 11 is 9.33. The molecule has 0 radical (unpaired) electrons. The second-order valence-corrected chi connectivity index (χ2v) is 5.51. The van der Waals surface area contributed by atoms with Crippen LogP contribution in [0.25, 0.3) is 0 Å². The van der Waals surface area contributed by atoms with Crippen LogP contribution in [0.15, 0.2) is 53.0 Å². The van der Waals surface area contributed by atoms with Crippen LogP contribution in [0.4, 0.5) is 5.69 Å². The predicted molar refractivity (Wildman–Crippen MR) is 84.3 cm³/mol. The maximum absolute atomic E-state index is 12.0. The molecular weight excluding hydrogens is 342 g/mol. The molecule has 0 saturated carbocycles. The van der Waals surface area contributed by atoms with Crippen LogP contribution in [0.3, 0.4) is 0 Å². The molecule has 1 N–H and O–H groups in total. The number of amides is 1. The molecule has 0 bridgehead atoms. The van der Waals surface area contributed by atoms with E-state index >= 15 is 0 Å². The van der Waals surface area contributed by atoms with Gasteiger partial charge in [-0.2, -0.15) is 0 Å². The Bertz CT molecular complexity index is 601. The SMILES string of the molecule is C[C@@H](Oc1ccccc1Cl)C(=O)Nc1ccc(Br)cc1. The summed E-state index contributed by atoms with van der Waals surface area (Å²) in [7, 11) is 0. The van der Waals surface area contributed by atoms with Crippen LogP contribution < -0.4 is 10.1 Å². The van der Waals surface area contributed by atoms with Gasteiger partial charge >= 0.3 is 0 Å². The number of nitrogens with one attached hydrogen (secondary N) is 1. The number of benzene rings is 2. The summed E-state index contributed by atoms with van der Waals surface area (Å²) in [6.45, 7) is 1.68. The van der Waals surface area contributed by atoms with Gasteiger partial charge in [-0.25, -0.2) is 0 Å². The number of carbonyl (C=O) groups is 1. The van der Waals surface area contributed by atoms with E-state index < -0.39 is 6.10 Å². The summed E-state index contributed by atoms with van der Waals surface area (Å²) in [5.41, 5.74) is 0.716. The van der Waals surface area contributed by atoms with Crippen LogP contribution in [0, 0.1) is 0 Å². The Balaban J connectivity index is 1.99. The fourth-order valence-corrected chi connectivity index (χ4v) is 2.01. The molecule has 0 heterocycles. The van der Waals surface area contributed by atoms with Gasteiger partial charge < -0.3 is 10.1 Å². The smallest absolute Gasteiger partial charge is 0.265 e. The third kappa shape index (κ3) is 3.99. The second-order valence-electron chi connectivity index (χ2n) is 4.19. The maximum Gasteiger partial charge on any atom is 0.265 e. The molecule has 2 aromatic carbocycles. The highest BCUT2D eigenvalue weighted by atomic mass is 79.9. The Morgan fingerprint density at radius 2 is 1.85 bits per heavy atom. The molecule has 3 nitrogen and oxygen atoms in total. The predicted octanol–water partition coefficient (Wildman–Crippen LogP) is 4.51. The van der Waals surface area contributed by atoms with Gasteiger partial charge in [-0.15, -0.1) is 0 Å². The molecule has 1 atom stereocenters. The summed E-state index contributed by atoms with van der Waals surface area (Å²) in [5.74, 6) is 0.264. The van der Waals surface area contributed by atoms with Crippen LogP contribution in [0.1, 0.15) is 6.92 Å². The topological polar surface area (TPSA) is 38.3 Å². The Kier molecular flexibility index (Phi) is 5.04. The molecule has 5 heteroatoms. The number of halogens is 2. The number of anilines is 1. The van der Waals surface area contributed by atoms with Crippen molar-refractivity contribution in [1.82, 2.24) is 0 Å². The minimum Gasteiger partial charge on any atom is -0.479 e. The van der Waals surface area contributed by atoms with Gasteiger partial charge in [0, 0.05) is 10.2 Å². The molecule has 20 heavy (non-hydrogen) atoms. The molecule has 0 aliphatic heterocycles. The highest BCUT2D eigenvalue weighted by molar-refractivity contribution is 9.10. The van der Waals surface area contributed by atoms with Crippen molar-refractivity contribution in [2.24, 2.45) is 0 Å². The lowest BCUT2D eigenvalue weighted by Crippen LogP contribution is -2.30. The summed E-state index contributed by atoms with van der Waals surface area (Å²) in [5, 5.41) is 3.26. The summed E-state index contributed by atoms with van der Waals surface area (Å²) in [4.78, 5) is 12.0. The first kappa shape index (κ1) is 14.9. The summed E-state index contributed by atoms with van der Waals surface area (Å²) in [6, 6.07) is 14.4. The Morgan fingerprint density at radius 1 is 1.20 bits per heavy atom. The van der Waals surface area contributed by atoms with Crippen LogP contribution >= 0.6 is 27.5 Å². The van der Waals surface area contributed by atoms with E-state index in [4.69, 9.17) is 16.3 Å². The molecule has 104 valence electrons. The standard InChI is InChI=1S/C15H13BrClNO2/c1-10(20-14-5-3-2-4-13(14)17)15(19)18-12-8-6-11(16)7-9-12/h2-10H,1H3,(H,18,19)/t10-/m1/s1. The number of hydrogen-bond donors (Lipinski definition) is 1. The van der Waals surface area contributed by atoms with Gasteiger partial charge in [-0.3, -0.25) is 4.79 Å². The maximum atomic E-state index is 12.0. The van der Waals surface area contributed by atoms with E-state index in [9.17, 15) is 4.79 Å². The molecular formula is C15H13BrClNO2. The first-order chi connectivity index (χ1) is 9.56. The van der Waals surface area contributed by atoms with Crippen molar-refractivity contribution in [2.75, 3.05) is 5.32 Å². The van der Waals surface area contributed by atoms with Gasteiger partial charge in [-0.1, -0.05) is 39.7 Å². The largest absolute Gasteiger partial charge is 0.479 e. The first-order valence-corrected chi connectivity index (χ1v) is 7.21. The van der Waals surface area contributed by atoms with E-state index in [0.717, 1.165) is 4.47 Å². The number of rotatable bonds is 4. The lowest BCUT2D eigenvalue weighted by Gasteiger charge is -2.15. The third-order valence-electron chi connectivity index (χ3n) is 2.62. The normalized spacial score (nSPS) is 11.8. The minimum absolute atomic E-state index is 0.229. The van der Waals surface area contributed by atoms with Crippen LogP contribution in [0.2, 0.25) is 5.02 Å². The fourth-order valence-electron chi connectivity index (χ4n) is 1.56. The van der Waals surface area contributed by atoms with E-state index in [0.29, 0.717) is 16.5 Å². The van der Waals surface area contributed by atoms with Crippen molar-refractivity contribution in [3.8, 4) is 5.75 Å². The van der Waals surface area contributed by atoms with Crippen molar-refractivity contribution in [3.05, 3.63) is 58.0 Å². The van der Waals surface area contributed by atoms with Crippen LogP contribution in [0.5, 0.6) is 5.75 Å². The second kappa shape index (κ2) is 6.77. The van der Waals surface area contributed by atoms with Crippen molar-refractivity contribution >= 4 is 39.1 Å². The van der Waals surface area contributed by atoms with Gasteiger partial charge in [0.25, 0.3) is 5.91 Å².